The van der Waals surface area contributed by atoms with Crippen LogP contribution >= 0.6 is 0 Å². The van der Waals surface area contributed by atoms with Gasteiger partial charge in [-0.05, 0) is 18.8 Å². The second-order valence-corrected chi connectivity index (χ2v) is 4.15. The van der Waals surface area contributed by atoms with Gasteiger partial charge in [-0.2, -0.15) is 5.10 Å². The van der Waals surface area contributed by atoms with Gasteiger partial charge in [0.2, 0.25) is 0 Å². The van der Waals surface area contributed by atoms with Gasteiger partial charge in [0.15, 0.2) is 0 Å². The highest BCUT2D eigenvalue weighted by Gasteiger charge is 2.24. The smallest absolute Gasteiger partial charge is 0.119 e. The summed E-state index contributed by atoms with van der Waals surface area (Å²) in [5, 5.41) is 6.37. The third-order valence-electron chi connectivity index (χ3n) is 2.36. The van der Waals surface area contributed by atoms with Crippen molar-refractivity contribution in [3.05, 3.63) is 0 Å². The zero-order valence-corrected chi connectivity index (χ0v) is 9.20. The molecule has 76 valence electrons. The Kier molecular flexibility index (Phi) is 3.58. The van der Waals surface area contributed by atoms with Gasteiger partial charge in [-0.3, -0.25) is 5.01 Å². The van der Waals surface area contributed by atoms with Gasteiger partial charge in [0.1, 0.15) is 12.5 Å². The van der Waals surface area contributed by atoms with Crippen LogP contribution in [0.15, 0.2) is 5.10 Å². The molecule has 1 rings (SSSR count). The van der Waals surface area contributed by atoms with Crippen molar-refractivity contribution >= 4 is 6.34 Å². The highest BCUT2D eigenvalue weighted by atomic mass is 15.6. The van der Waals surface area contributed by atoms with E-state index in [1.54, 1.807) is 0 Å². The van der Waals surface area contributed by atoms with Crippen LogP contribution in [0.2, 0.25) is 0 Å². The molecule has 0 aromatic rings. The molecule has 0 aromatic heterocycles. The molecule has 13 heavy (non-hydrogen) atoms. The maximum Gasteiger partial charge on any atom is 0.119 e. The predicted octanol–water partition coefficient (Wildman–Crippen LogP) is 1.96. The Morgan fingerprint density at radius 1 is 1.46 bits per heavy atom. The van der Waals surface area contributed by atoms with Crippen LogP contribution in [0.3, 0.4) is 0 Å². The maximum absolute atomic E-state index is 4.30. The van der Waals surface area contributed by atoms with E-state index in [1.807, 2.05) is 6.34 Å². The van der Waals surface area contributed by atoms with Crippen molar-refractivity contribution in [2.75, 3.05) is 13.6 Å². The summed E-state index contributed by atoms with van der Waals surface area (Å²) < 4.78 is 0. The fourth-order valence-electron chi connectivity index (χ4n) is 1.69. The van der Waals surface area contributed by atoms with E-state index in [9.17, 15) is 0 Å². The van der Waals surface area contributed by atoms with Crippen molar-refractivity contribution in [2.24, 2.45) is 11.0 Å². The van der Waals surface area contributed by atoms with Crippen LogP contribution in [-0.2, 0) is 0 Å². The summed E-state index contributed by atoms with van der Waals surface area (Å²) in [4.78, 5) is 2.33. The van der Waals surface area contributed by atoms with Crippen LogP contribution in [0.1, 0.15) is 33.6 Å². The molecule has 1 aliphatic heterocycles. The molecule has 1 aliphatic rings. The zero-order valence-electron chi connectivity index (χ0n) is 9.20. The quantitative estimate of drug-likeness (QED) is 0.663. The average molecular weight is 183 g/mol. The summed E-state index contributed by atoms with van der Waals surface area (Å²) in [7, 11) is 2.05. The SMILES string of the molecule is CCCN1C=NN(C)C1CC(C)C. The maximum atomic E-state index is 4.30. The van der Waals surface area contributed by atoms with Crippen LogP contribution in [0.4, 0.5) is 0 Å². The highest BCUT2D eigenvalue weighted by Crippen LogP contribution is 2.18. The molecule has 0 saturated carbocycles. The molecule has 0 aromatic carbocycles. The van der Waals surface area contributed by atoms with E-state index >= 15 is 0 Å². The van der Waals surface area contributed by atoms with Crippen LogP contribution in [0, 0.1) is 5.92 Å². The number of rotatable bonds is 4. The molecule has 0 fully saturated rings. The standard InChI is InChI=1S/C10H21N3/c1-5-6-13-8-11-12(4)10(13)7-9(2)3/h8-10H,5-7H2,1-4H3. The average Bonchev–Trinajstić information content (AvgIpc) is 2.36. The molecule has 0 saturated heterocycles. The lowest BCUT2D eigenvalue weighted by molar-refractivity contribution is 0.136. The second-order valence-electron chi connectivity index (χ2n) is 4.15. The summed E-state index contributed by atoms with van der Waals surface area (Å²) in [6.07, 6.45) is 4.83. The van der Waals surface area contributed by atoms with E-state index in [-0.39, 0.29) is 0 Å². The molecule has 3 heteroatoms. The van der Waals surface area contributed by atoms with Crippen LogP contribution in [0.5, 0.6) is 0 Å². The van der Waals surface area contributed by atoms with Crippen molar-refractivity contribution in [2.45, 2.75) is 39.8 Å². The number of hydrazone groups is 1. The van der Waals surface area contributed by atoms with E-state index in [0.717, 1.165) is 12.5 Å². The molecule has 1 unspecified atom stereocenters. The molecule has 0 amide bonds. The molecular formula is C10H21N3. The minimum atomic E-state index is 0.486. The van der Waals surface area contributed by atoms with Gasteiger partial charge in [0.05, 0.1) is 0 Å². The minimum Gasteiger partial charge on any atom is -0.339 e. The van der Waals surface area contributed by atoms with Gasteiger partial charge in [-0.15, -0.1) is 0 Å². The monoisotopic (exact) mass is 183 g/mol. The molecule has 0 radical (unpaired) electrons. The Morgan fingerprint density at radius 2 is 2.15 bits per heavy atom. The third kappa shape index (κ3) is 2.61. The zero-order chi connectivity index (χ0) is 9.84. The minimum absolute atomic E-state index is 0.486. The van der Waals surface area contributed by atoms with Crippen molar-refractivity contribution < 1.29 is 0 Å². The van der Waals surface area contributed by atoms with Gasteiger partial charge in [-0.1, -0.05) is 20.8 Å². The Hall–Kier alpha value is -0.730. The van der Waals surface area contributed by atoms with E-state index in [4.69, 9.17) is 0 Å². The lowest BCUT2D eigenvalue weighted by atomic mass is 10.1. The fraction of sp³-hybridized carbons (Fsp3) is 0.900. The van der Waals surface area contributed by atoms with Crippen LogP contribution < -0.4 is 0 Å². The number of hydrogen-bond acceptors (Lipinski definition) is 3. The van der Waals surface area contributed by atoms with Crippen molar-refractivity contribution in [3.8, 4) is 0 Å². The third-order valence-corrected chi connectivity index (χ3v) is 2.36. The van der Waals surface area contributed by atoms with E-state index in [1.165, 1.54) is 12.8 Å². The predicted molar refractivity (Wildman–Crippen MR) is 56.5 cm³/mol. The van der Waals surface area contributed by atoms with Crippen molar-refractivity contribution in [1.82, 2.24) is 9.91 Å². The topological polar surface area (TPSA) is 18.8 Å². The van der Waals surface area contributed by atoms with Gasteiger partial charge >= 0.3 is 0 Å². The number of nitrogens with zero attached hydrogens (tertiary/aromatic N) is 3. The summed E-state index contributed by atoms with van der Waals surface area (Å²) in [6, 6.07) is 0. The molecule has 0 spiro atoms. The van der Waals surface area contributed by atoms with Crippen LogP contribution in [-0.4, -0.2) is 36.0 Å². The molecule has 1 atom stereocenters. The first-order chi connectivity index (χ1) is 6.15. The Balaban J connectivity index is 2.48. The largest absolute Gasteiger partial charge is 0.339 e. The molecule has 1 heterocycles. The molecule has 0 bridgehead atoms. The van der Waals surface area contributed by atoms with E-state index in [2.05, 4.69) is 42.8 Å². The Labute approximate surface area is 81.4 Å². The first-order valence-corrected chi connectivity index (χ1v) is 5.17. The molecular weight excluding hydrogens is 162 g/mol. The normalized spacial score (nSPS) is 22.1. The first kappa shape index (κ1) is 10.4. The van der Waals surface area contributed by atoms with Crippen molar-refractivity contribution in [1.29, 1.82) is 0 Å². The lowest BCUT2D eigenvalue weighted by Gasteiger charge is -2.29. The Bertz CT molecular complexity index is 177. The Morgan fingerprint density at radius 3 is 2.69 bits per heavy atom. The van der Waals surface area contributed by atoms with Crippen LogP contribution in [0.25, 0.3) is 0 Å². The summed E-state index contributed by atoms with van der Waals surface area (Å²) in [6.45, 7) is 7.84. The highest BCUT2D eigenvalue weighted by molar-refractivity contribution is 5.56. The summed E-state index contributed by atoms with van der Waals surface area (Å²) in [5.41, 5.74) is 0. The summed E-state index contributed by atoms with van der Waals surface area (Å²) in [5.74, 6) is 0.730. The van der Waals surface area contributed by atoms with E-state index in [0.29, 0.717) is 6.17 Å². The summed E-state index contributed by atoms with van der Waals surface area (Å²) >= 11 is 0. The molecule has 0 N–H and O–H groups in total. The van der Waals surface area contributed by atoms with Gasteiger partial charge < -0.3 is 4.90 Å². The lowest BCUT2D eigenvalue weighted by Crippen LogP contribution is -2.39. The first-order valence-electron chi connectivity index (χ1n) is 5.17. The fourth-order valence-corrected chi connectivity index (χ4v) is 1.69. The second kappa shape index (κ2) is 4.49. The van der Waals surface area contributed by atoms with Crippen molar-refractivity contribution in [3.63, 3.8) is 0 Å². The van der Waals surface area contributed by atoms with E-state index < -0.39 is 0 Å². The van der Waals surface area contributed by atoms with Gasteiger partial charge in [-0.25, -0.2) is 0 Å². The molecule has 3 nitrogen and oxygen atoms in total. The van der Waals surface area contributed by atoms with Gasteiger partial charge in [0, 0.05) is 13.6 Å². The number of hydrogen-bond donors (Lipinski definition) is 0. The van der Waals surface area contributed by atoms with Gasteiger partial charge in [0.25, 0.3) is 0 Å². The molecule has 0 aliphatic carbocycles.